The van der Waals surface area contributed by atoms with E-state index in [0.717, 1.165) is 0 Å². The standard InChI is InChI=1S/C21H17F2N7O3/c1-12-25-10-16(20(32)29(12)2)19(31)28-18-4-3-15(9-26-18)33-14-5-6-24-17(7-14)13-8-27-30(11-13)21(22)23/h3-11,21H,1-2H3,(H,26,28,31). The number of nitrogens with one attached hydrogen (secondary N) is 1. The fourth-order valence-corrected chi connectivity index (χ4v) is 2.83. The maximum atomic E-state index is 12.7. The van der Waals surface area contributed by atoms with Crippen LogP contribution in [-0.2, 0) is 7.05 Å². The van der Waals surface area contributed by atoms with E-state index in [1.54, 1.807) is 25.1 Å². The maximum Gasteiger partial charge on any atom is 0.333 e. The average Bonchev–Trinajstić information content (AvgIpc) is 3.30. The van der Waals surface area contributed by atoms with E-state index >= 15 is 0 Å². The second-order valence-electron chi connectivity index (χ2n) is 6.88. The van der Waals surface area contributed by atoms with Crippen molar-refractivity contribution in [3.8, 4) is 22.8 Å². The number of hydrogen-bond acceptors (Lipinski definition) is 7. The number of anilines is 1. The van der Waals surface area contributed by atoms with Gasteiger partial charge >= 0.3 is 6.55 Å². The number of nitrogens with zero attached hydrogens (tertiary/aromatic N) is 6. The molecule has 33 heavy (non-hydrogen) atoms. The lowest BCUT2D eigenvalue weighted by Crippen LogP contribution is -2.29. The lowest BCUT2D eigenvalue weighted by Gasteiger charge is -2.09. The highest BCUT2D eigenvalue weighted by Crippen LogP contribution is 2.26. The third-order valence-corrected chi connectivity index (χ3v) is 4.69. The van der Waals surface area contributed by atoms with Crippen molar-refractivity contribution in [3.63, 3.8) is 0 Å². The van der Waals surface area contributed by atoms with Crippen molar-refractivity contribution in [2.24, 2.45) is 7.05 Å². The summed E-state index contributed by atoms with van der Waals surface area (Å²) in [5, 5.41) is 6.13. The van der Waals surface area contributed by atoms with E-state index in [4.69, 9.17) is 4.74 Å². The third kappa shape index (κ3) is 4.74. The molecule has 0 radical (unpaired) electrons. The van der Waals surface area contributed by atoms with Gasteiger partial charge in [0, 0.05) is 37.3 Å². The van der Waals surface area contributed by atoms with Gasteiger partial charge in [-0.1, -0.05) is 0 Å². The van der Waals surface area contributed by atoms with Crippen LogP contribution in [0, 0.1) is 6.92 Å². The first-order chi connectivity index (χ1) is 15.8. The molecule has 4 rings (SSSR count). The number of halogens is 2. The Morgan fingerprint density at radius 3 is 2.61 bits per heavy atom. The van der Waals surface area contributed by atoms with E-state index in [-0.39, 0.29) is 11.4 Å². The predicted molar refractivity (Wildman–Crippen MR) is 113 cm³/mol. The number of amides is 1. The van der Waals surface area contributed by atoms with E-state index < -0.39 is 18.0 Å². The Morgan fingerprint density at radius 2 is 1.91 bits per heavy atom. The van der Waals surface area contributed by atoms with Crippen LogP contribution in [0.25, 0.3) is 11.3 Å². The normalized spacial score (nSPS) is 10.9. The highest BCUT2D eigenvalue weighted by molar-refractivity contribution is 6.03. The van der Waals surface area contributed by atoms with E-state index in [1.165, 1.54) is 48.7 Å². The van der Waals surface area contributed by atoms with Crippen LogP contribution in [-0.4, -0.2) is 35.2 Å². The van der Waals surface area contributed by atoms with Gasteiger partial charge in [-0.25, -0.2) is 14.6 Å². The van der Waals surface area contributed by atoms with Crippen molar-refractivity contribution in [1.82, 2.24) is 29.3 Å². The Hall–Kier alpha value is -4.48. The smallest absolute Gasteiger partial charge is 0.333 e. The predicted octanol–water partition coefficient (Wildman–Crippen LogP) is 3.18. The number of ether oxygens (including phenoxy) is 1. The molecule has 0 aliphatic carbocycles. The van der Waals surface area contributed by atoms with Gasteiger partial charge in [0.05, 0.1) is 18.1 Å². The molecule has 0 fully saturated rings. The minimum atomic E-state index is -2.74. The molecular weight excluding hydrogens is 436 g/mol. The summed E-state index contributed by atoms with van der Waals surface area (Å²) in [6.07, 6.45) is 6.55. The van der Waals surface area contributed by atoms with E-state index in [9.17, 15) is 18.4 Å². The highest BCUT2D eigenvalue weighted by Gasteiger charge is 2.14. The molecule has 1 amide bonds. The molecule has 12 heteroatoms. The molecule has 1 N–H and O–H groups in total. The summed E-state index contributed by atoms with van der Waals surface area (Å²) in [6.45, 7) is -1.08. The van der Waals surface area contributed by atoms with Gasteiger partial charge < -0.3 is 10.1 Å². The summed E-state index contributed by atoms with van der Waals surface area (Å²) in [6, 6.07) is 6.25. The van der Waals surface area contributed by atoms with Crippen molar-refractivity contribution in [2.75, 3.05) is 5.32 Å². The molecule has 0 aliphatic heterocycles. The number of alkyl halides is 2. The number of pyridine rings is 2. The van der Waals surface area contributed by atoms with Crippen LogP contribution < -0.4 is 15.6 Å². The number of hydrogen-bond donors (Lipinski definition) is 1. The topological polar surface area (TPSA) is 117 Å². The van der Waals surface area contributed by atoms with E-state index in [0.29, 0.717) is 33.3 Å². The van der Waals surface area contributed by atoms with Gasteiger partial charge in [0.1, 0.15) is 28.7 Å². The van der Waals surface area contributed by atoms with Crippen molar-refractivity contribution < 1.29 is 18.3 Å². The van der Waals surface area contributed by atoms with E-state index in [1.807, 2.05) is 0 Å². The Bertz CT molecular complexity index is 1370. The number of aromatic nitrogens is 6. The molecule has 0 bridgehead atoms. The van der Waals surface area contributed by atoms with Gasteiger partial charge in [0.25, 0.3) is 11.5 Å². The molecule has 10 nitrogen and oxygen atoms in total. The quantitative estimate of drug-likeness (QED) is 0.477. The first kappa shape index (κ1) is 21.7. The lowest BCUT2D eigenvalue weighted by atomic mass is 10.2. The van der Waals surface area contributed by atoms with Gasteiger partial charge in [-0.05, 0) is 25.1 Å². The fraction of sp³-hybridized carbons (Fsp3) is 0.143. The molecule has 4 aromatic heterocycles. The molecule has 0 unspecified atom stereocenters. The van der Waals surface area contributed by atoms with Crippen LogP contribution >= 0.6 is 0 Å². The maximum absolute atomic E-state index is 12.7. The molecule has 0 saturated heterocycles. The minimum Gasteiger partial charge on any atom is -0.456 e. The summed E-state index contributed by atoms with van der Waals surface area (Å²) in [5.41, 5.74) is 0.246. The zero-order valence-corrected chi connectivity index (χ0v) is 17.4. The molecule has 4 aromatic rings. The van der Waals surface area contributed by atoms with Crippen LogP contribution in [0.15, 0.2) is 60.0 Å². The summed E-state index contributed by atoms with van der Waals surface area (Å²) < 4.78 is 33.0. The summed E-state index contributed by atoms with van der Waals surface area (Å²) >= 11 is 0. The molecule has 0 aromatic carbocycles. The van der Waals surface area contributed by atoms with Gasteiger partial charge in [0.2, 0.25) is 0 Å². The monoisotopic (exact) mass is 453 g/mol. The molecular formula is C21H17F2N7O3. The van der Waals surface area contributed by atoms with Crippen LogP contribution in [0.1, 0.15) is 22.7 Å². The second kappa shape index (κ2) is 8.94. The summed E-state index contributed by atoms with van der Waals surface area (Å²) in [4.78, 5) is 36.9. The van der Waals surface area contributed by atoms with Gasteiger partial charge in [-0.2, -0.15) is 13.9 Å². The summed E-state index contributed by atoms with van der Waals surface area (Å²) in [7, 11) is 1.53. The largest absolute Gasteiger partial charge is 0.456 e. The van der Waals surface area contributed by atoms with Gasteiger partial charge in [-0.3, -0.25) is 19.1 Å². The zero-order chi connectivity index (χ0) is 23.5. The Kier molecular flexibility index (Phi) is 5.89. The van der Waals surface area contributed by atoms with Crippen molar-refractivity contribution in [2.45, 2.75) is 13.5 Å². The van der Waals surface area contributed by atoms with Crippen LogP contribution in [0.3, 0.4) is 0 Å². The van der Waals surface area contributed by atoms with Crippen LogP contribution in [0.4, 0.5) is 14.6 Å². The van der Waals surface area contributed by atoms with Crippen LogP contribution in [0.2, 0.25) is 0 Å². The number of aryl methyl sites for hydroxylation is 1. The SMILES string of the molecule is Cc1ncc(C(=O)Nc2ccc(Oc3ccnc(-c4cnn(C(F)F)c4)c3)cn2)c(=O)n1C. The van der Waals surface area contributed by atoms with Gasteiger partial charge in [-0.15, -0.1) is 0 Å². The number of carbonyl (C=O) groups excluding carboxylic acids is 1. The first-order valence-corrected chi connectivity index (χ1v) is 9.58. The zero-order valence-electron chi connectivity index (χ0n) is 17.4. The van der Waals surface area contributed by atoms with Crippen molar-refractivity contribution in [1.29, 1.82) is 0 Å². The second-order valence-corrected chi connectivity index (χ2v) is 6.88. The molecule has 168 valence electrons. The lowest BCUT2D eigenvalue weighted by molar-refractivity contribution is 0.0566. The molecule has 4 heterocycles. The van der Waals surface area contributed by atoms with Crippen LogP contribution in [0.5, 0.6) is 11.5 Å². The van der Waals surface area contributed by atoms with Gasteiger partial charge in [0.15, 0.2) is 0 Å². The molecule has 0 atom stereocenters. The Balaban J connectivity index is 1.45. The molecule has 0 saturated carbocycles. The highest BCUT2D eigenvalue weighted by atomic mass is 19.3. The molecule has 0 spiro atoms. The Morgan fingerprint density at radius 1 is 1.09 bits per heavy atom. The molecule has 0 aliphatic rings. The third-order valence-electron chi connectivity index (χ3n) is 4.69. The van der Waals surface area contributed by atoms with Crippen molar-refractivity contribution >= 4 is 11.7 Å². The minimum absolute atomic E-state index is 0.107. The number of rotatable bonds is 6. The van der Waals surface area contributed by atoms with E-state index in [2.05, 4.69) is 25.4 Å². The first-order valence-electron chi connectivity index (χ1n) is 9.58. The van der Waals surface area contributed by atoms with Crippen molar-refractivity contribution in [3.05, 3.63) is 77.0 Å². The Labute approximate surface area is 185 Å². The summed E-state index contributed by atoms with van der Waals surface area (Å²) in [5.74, 6) is 0.828. The fourth-order valence-electron chi connectivity index (χ4n) is 2.83. The number of carbonyl (C=O) groups is 1. The average molecular weight is 453 g/mol.